The van der Waals surface area contributed by atoms with Crippen LogP contribution in [-0.2, 0) is 13.1 Å². The van der Waals surface area contributed by atoms with E-state index in [1.165, 1.54) is 10.4 Å². The van der Waals surface area contributed by atoms with E-state index in [1.54, 1.807) is 0 Å². The number of hydrogen-bond acceptors (Lipinski definition) is 4. The SMILES string of the molecule is CC[C@H]1c2ccsc2CCN1Cn1[nH]c(-c2ccccc2)nc1=S. The van der Waals surface area contributed by atoms with Gasteiger partial charge in [-0.3, -0.25) is 10.00 Å². The van der Waals surface area contributed by atoms with Gasteiger partial charge in [-0.1, -0.05) is 37.3 Å². The van der Waals surface area contributed by atoms with Crippen LogP contribution in [0, 0.1) is 4.77 Å². The third kappa shape index (κ3) is 2.85. The van der Waals surface area contributed by atoms with Crippen molar-refractivity contribution in [3.05, 3.63) is 57.0 Å². The monoisotopic (exact) mass is 356 g/mol. The van der Waals surface area contributed by atoms with Gasteiger partial charge in [-0.05, 0) is 42.1 Å². The number of nitrogens with zero attached hydrogens (tertiary/aromatic N) is 3. The third-order valence-electron chi connectivity index (χ3n) is 4.64. The maximum Gasteiger partial charge on any atom is 0.217 e. The molecule has 6 heteroatoms. The Morgan fingerprint density at radius 3 is 2.92 bits per heavy atom. The molecule has 2 aromatic heterocycles. The molecule has 0 aliphatic carbocycles. The molecule has 0 radical (unpaired) electrons. The van der Waals surface area contributed by atoms with Crippen molar-refractivity contribution in [3.8, 4) is 11.4 Å². The van der Waals surface area contributed by atoms with E-state index in [2.05, 4.69) is 33.4 Å². The van der Waals surface area contributed by atoms with E-state index >= 15 is 0 Å². The number of fused-ring (bicyclic) bond motifs is 1. The first kappa shape index (κ1) is 15.7. The van der Waals surface area contributed by atoms with Gasteiger partial charge in [0.1, 0.15) is 0 Å². The number of H-pyrrole nitrogens is 1. The standard InChI is InChI=1S/C18H20N4S2/c1-2-15-14-9-11-24-16(14)8-10-21(15)12-22-18(23)19-17(20-22)13-6-4-3-5-7-13/h3-7,9,11,15H,2,8,10,12H2,1H3,(H,19,20,23)/t15-/m0/s1. The Labute approximate surface area is 150 Å². The molecule has 4 rings (SSSR count). The molecule has 124 valence electrons. The minimum atomic E-state index is 0.463. The summed E-state index contributed by atoms with van der Waals surface area (Å²) in [5, 5.41) is 5.58. The summed E-state index contributed by atoms with van der Waals surface area (Å²) in [6, 6.07) is 12.9. The van der Waals surface area contributed by atoms with Crippen molar-refractivity contribution in [3.63, 3.8) is 0 Å². The first-order valence-corrected chi connectivity index (χ1v) is 9.57. The summed E-state index contributed by atoms with van der Waals surface area (Å²) in [6.07, 6.45) is 2.23. The first-order chi connectivity index (χ1) is 11.8. The molecule has 0 saturated heterocycles. The lowest BCUT2D eigenvalue weighted by atomic mass is 9.98. The van der Waals surface area contributed by atoms with Crippen LogP contribution in [0.1, 0.15) is 29.8 Å². The Kier molecular flexibility index (Phi) is 4.35. The van der Waals surface area contributed by atoms with Crippen LogP contribution < -0.4 is 0 Å². The number of rotatable bonds is 4. The second-order valence-corrected chi connectivity index (χ2v) is 7.44. The highest BCUT2D eigenvalue weighted by molar-refractivity contribution is 7.71. The fourth-order valence-electron chi connectivity index (χ4n) is 3.45. The van der Waals surface area contributed by atoms with Gasteiger partial charge in [0.25, 0.3) is 0 Å². The van der Waals surface area contributed by atoms with E-state index < -0.39 is 0 Å². The van der Waals surface area contributed by atoms with Crippen molar-refractivity contribution in [1.82, 2.24) is 19.7 Å². The van der Waals surface area contributed by atoms with Gasteiger partial charge in [0.15, 0.2) is 5.82 Å². The molecule has 3 aromatic rings. The molecule has 0 amide bonds. The zero-order valence-electron chi connectivity index (χ0n) is 13.6. The number of thiophene rings is 1. The van der Waals surface area contributed by atoms with E-state index in [0.717, 1.165) is 37.4 Å². The number of benzene rings is 1. The van der Waals surface area contributed by atoms with Crippen LogP contribution in [0.5, 0.6) is 0 Å². The lowest BCUT2D eigenvalue weighted by Crippen LogP contribution is -2.36. The molecule has 1 N–H and O–H groups in total. The van der Waals surface area contributed by atoms with Gasteiger partial charge in [0, 0.05) is 23.0 Å². The molecular formula is C18H20N4S2. The van der Waals surface area contributed by atoms with Gasteiger partial charge >= 0.3 is 0 Å². The van der Waals surface area contributed by atoms with Gasteiger partial charge < -0.3 is 0 Å². The molecule has 4 nitrogen and oxygen atoms in total. The second-order valence-electron chi connectivity index (χ2n) is 6.08. The minimum Gasteiger partial charge on any atom is -0.278 e. The molecule has 0 bridgehead atoms. The highest BCUT2D eigenvalue weighted by atomic mass is 32.1. The number of aromatic amines is 1. The summed E-state index contributed by atoms with van der Waals surface area (Å²) in [5.41, 5.74) is 2.55. The fourth-order valence-corrected chi connectivity index (χ4v) is 4.58. The second kappa shape index (κ2) is 6.63. The van der Waals surface area contributed by atoms with E-state index in [9.17, 15) is 0 Å². The largest absolute Gasteiger partial charge is 0.278 e. The van der Waals surface area contributed by atoms with Crippen molar-refractivity contribution in [2.45, 2.75) is 32.5 Å². The number of nitrogens with one attached hydrogen (secondary N) is 1. The van der Waals surface area contributed by atoms with Crippen LogP contribution >= 0.6 is 23.6 Å². The van der Waals surface area contributed by atoms with Gasteiger partial charge in [-0.2, -0.15) is 4.98 Å². The summed E-state index contributed by atoms with van der Waals surface area (Å²) in [6.45, 7) is 4.08. The molecule has 3 heterocycles. The van der Waals surface area contributed by atoms with E-state index in [1.807, 2.05) is 46.4 Å². The van der Waals surface area contributed by atoms with Crippen LogP contribution in [-0.4, -0.2) is 26.2 Å². The zero-order chi connectivity index (χ0) is 16.5. The van der Waals surface area contributed by atoms with Gasteiger partial charge in [0.05, 0.1) is 6.67 Å². The predicted molar refractivity (Wildman–Crippen MR) is 101 cm³/mol. The Morgan fingerprint density at radius 2 is 2.12 bits per heavy atom. The normalized spacial score (nSPS) is 17.8. The van der Waals surface area contributed by atoms with Gasteiger partial charge in [-0.25, -0.2) is 4.68 Å². The Morgan fingerprint density at radius 1 is 1.29 bits per heavy atom. The molecule has 1 aliphatic rings. The Balaban J connectivity index is 1.60. The predicted octanol–water partition coefficient (Wildman–Crippen LogP) is 4.64. The highest BCUT2D eigenvalue weighted by Gasteiger charge is 2.27. The zero-order valence-corrected chi connectivity index (χ0v) is 15.2. The smallest absolute Gasteiger partial charge is 0.217 e. The minimum absolute atomic E-state index is 0.463. The molecule has 0 unspecified atom stereocenters. The molecule has 1 aromatic carbocycles. The van der Waals surface area contributed by atoms with E-state index in [4.69, 9.17) is 12.2 Å². The molecule has 1 aliphatic heterocycles. The number of aromatic nitrogens is 3. The van der Waals surface area contributed by atoms with E-state index in [-0.39, 0.29) is 0 Å². The molecule has 1 atom stereocenters. The van der Waals surface area contributed by atoms with Crippen LogP contribution in [0.4, 0.5) is 0 Å². The van der Waals surface area contributed by atoms with Crippen molar-refractivity contribution in [2.24, 2.45) is 0 Å². The lowest BCUT2D eigenvalue weighted by Gasteiger charge is -2.35. The van der Waals surface area contributed by atoms with Crippen molar-refractivity contribution in [2.75, 3.05) is 6.54 Å². The average molecular weight is 357 g/mol. The van der Waals surface area contributed by atoms with Crippen LogP contribution in [0.3, 0.4) is 0 Å². The quantitative estimate of drug-likeness (QED) is 0.692. The van der Waals surface area contributed by atoms with Crippen molar-refractivity contribution >= 4 is 23.6 Å². The number of hydrogen-bond donors (Lipinski definition) is 1. The van der Waals surface area contributed by atoms with Gasteiger partial charge in [0.2, 0.25) is 4.77 Å². The molecule has 24 heavy (non-hydrogen) atoms. The Hall–Kier alpha value is -1.76. The lowest BCUT2D eigenvalue weighted by molar-refractivity contribution is 0.130. The fraction of sp³-hybridized carbons (Fsp3) is 0.333. The maximum atomic E-state index is 5.47. The molecule has 0 fully saturated rings. The average Bonchev–Trinajstić information content (AvgIpc) is 3.22. The van der Waals surface area contributed by atoms with Crippen molar-refractivity contribution < 1.29 is 0 Å². The summed E-state index contributed by atoms with van der Waals surface area (Å²) in [5.74, 6) is 0.835. The van der Waals surface area contributed by atoms with Crippen LogP contribution in [0.25, 0.3) is 11.4 Å². The van der Waals surface area contributed by atoms with E-state index in [0.29, 0.717) is 10.8 Å². The maximum absolute atomic E-state index is 5.47. The van der Waals surface area contributed by atoms with Crippen LogP contribution in [0.2, 0.25) is 0 Å². The van der Waals surface area contributed by atoms with Crippen molar-refractivity contribution in [1.29, 1.82) is 0 Å². The summed E-state index contributed by atoms with van der Waals surface area (Å²) in [7, 11) is 0. The molecule has 0 spiro atoms. The topological polar surface area (TPSA) is 36.9 Å². The highest BCUT2D eigenvalue weighted by Crippen LogP contribution is 2.35. The molecule has 0 saturated carbocycles. The summed E-state index contributed by atoms with van der Waals surface area (Å²) >= 11 is 7.36. The summed E-state index contributed by atoms with van der Waals surface area (Å²) < 4.78 is 2.59. The Bertz CT molecular complexity index is 878. The summed E-state index contributed by atoms with van der Waals surface area (Å²) in [4.78, 5) is 8.57. The molecular weight excluding hydrogens is 336 g/mol. The van der Waals surface area contributed by atoms with Crippen LogP contribution in [0.15, 0.2) is 41.8 Å². The third-order valence-corrected chi connectivity index (χ3v) is 5.95. The first-order valence-electron chi connectivity index (χ1n) is 8.29. The van der Waals surface area contributed by atoms with Gasteiger partial charge in [-0.15, -0.1) is 11.3 Å².